The van der Waals surface area contributed by atoms with Gasteiger partial charge in [0.2, 0.25) is 0 Å². The van der Waals surface area contributed by atoms with Gasteiger partial charge in [-0.2, -0.15) is 0 Å². The number of halogens is 1. The van der Waals surface area contributed by atoms with Crippen molar-refractivity contribution in [3.05, 3.63) is 47.4 Å². The molecule has 0 saturated carbocycles. The van der Waals surface area contributed by atoms with Crippen molar-refractivity contribution in [2.24, 2.45) is 5.92 Å². The van der Waals surface area contributed by atoms with Gasteiger partial charge in [-0.1, -0.05) is 23.7 Å². The van der Waals surface area contributed by atoms with Gasteiger partial charge in [-0.3, -0.25) is 9.88 Å². The molecule has 1 N–H and O–H groups in total. The van der Waals surface area contributed by atoms with E-state index in [4.69, 9.17) is 16.3 Å². The molecule has 2 heterocycles. The number of anilines is 1. The van der Waals surface area contributed by atoms with Crippen LogP contribution in [0, 0.1) is 5.92 Å². The molecule has 0 bridgehead atoms. The lowest BCUT2D eigenvalue weighted by molar-refractivity contribution is 0.182. The molecule has 1 saturated heterocycles. The standard InChI is InChI=1S/C18H23ClN4O/c1-24-16-4-2-15(3-5-16)13-23-8-6-14(7-9-23)10-21-18-12-20-11-17(19)22-18/h2-5,11-12,14H,6-10,13H2,1H3,(H,21,22). The molecule has 1 aliphatic heterocycles. The summed E-state index contributed by atoms with van der Waals surface area (Å²) in [7, 11) is 1.70. The number of hydrogen-bond acceptors (Lipinski definition) is 5. The summed E-state index contributed by atoms with van der Waals surface area (Å²) in [6.45, 7) is 4.18. The Morgan fingerprint density at radius 2 is 1.96 bits per heavy atom. The van der Waals surface area contributed by atoms with E-state index in [-0.39, 0.29) is 0 Å². The number of likely N-dealkylation sites (tertiary alicyclic amines) is 1. The van der Waals surface area contributed by atoms with E-state index < -0.39 is 0 Å². The maximum Gasteiger partial charge on any atom is 0.149 e. The Balaban J connectivity index is 1.42. The first-order chi connectivity index (χ1) is 11.7. The Morgan fingerprint density at radius 3 is 2.62 bits per heavy atom. The third kappa shape index (κ3) is 4.82. The topological polar surface area (TPSA) is 50.3 Å². The number of rotatable bonds is 6. The fraction of sp³-hybridized carbons (Fsp3) is 0.444. The number of aromatic nitrogens is 2. The van der Waals surface area contributed by atoms with Gasteiger partial charge in [0.15, 0.2) is 0 Å². The zero-order valence-electron chi connectivity index (χ0n) is 13.9. The second kappa shape index (κ2) is 8.31. The average Bonchev–Trinajstić information content (AvgIpc) is 2.62. The van der Waals surface area contributed by atoms with Gasteiger partial charge in [-0.15, -0.1) is 0 Å². The third-order valence-corrected chi connectivity index (χ3v) is 4.63. The smallest absolute Gasteiger partial charge is 0.149 e. The summed E-state index contributed by atoms with van der Waals surface area (Å²) in [6.07, 6.45) is 5.64. The molecule has 1 aromatic heterocycles. The second-order valence-electron chi connectivity index (χ2n) is 6.18. The molecule has 0 amide bonds. The van der Waals surface area contributed by atoms with Gasteiger partial charge in [-0.25, -0.2) is 4.98 Å². The first kappa shape index (κ1) is 17.0. The molecule has 1 aliphatic rings. The fourth-order valence-electron chi connectivity index (χ4n) is 3.01. The quantitative estimate of drug-likeness (QED) is 0.868. The van der Waals surface area contributed by atoms with Crippen LogP contribution < -0.4 is 10.1 Å². The molecule has 0 aliphatic carbocycles. The average molecular weight is 347 g/mol. The predicted molar refractivity (Wildman–Crippen MR) is 96.5 cm³/mol. The second-order valence-corrected chi connectivity index (χ2v) is 6.56. The summed E-state index contributed by atoms with van der Waals surface area (Å²) in [6, 6.07) is 8.34. The third-order valence-electron chi connectivity index (χ3n) is 4.45. The van der Waals surface area contributed by atoms with Crippen LogP contribution in [-0.2, 0) is 6.54 Å². The van der Waals surface area contributed by atoms with E-state index in [1.165, 1.54) is 18.4 Å². The maximum atomic E-state index is 5.85. The summed E-state index contributed by atoms with van der Waals surface area (Å²) in [5, 5.41) is 3.77. The van der Waals surface area contributed by atoms with Crippen molar-refractivity contribution in [3.8, 4) is 5.75 Å². The van der Waals surface area contributed by atoms with Crippen LogP contribution in [-0.4, -0.2) is 41.6 Å². The van der Waals surface area contributed by atoms with Crippen molar-refractivity contribution < 1.29 is 4.74 Å². The largest absolute Gasteiger partial charge is 0.497 e. The van der Waals surface area contributed by atoms with Crippen molar-refractivity contribution in [2.75, 3.05) is 32.1 Å². The molecule has 6 heteroatoms. The van der Waals surface area contributed by atoms with Crippen molar-refractivity contribution in [2.45, 2.75) is 19.4 Å². The number of methoxy groups -OCH3 is 1. The highest BCUT2D eigenvalue weighted by molar-refractivity contribution is 6.29. The van der Waals surface area contributed by atoms with Crippen LogP contribution >= 0.6 is 11.6 Å². The predicted octanol–water partition coefficient (Wildman–Crippen LogP) is 3.46. The van der Waals surface area contributed by atoms with Gasteiger partial charge in [0.05, 0.1) is 19.5 Å². The Labute approximate surface area is 148 Å². The molecule has 0 spiro atoms. The van der Waals surface area contributed by atoms with E-state index >= 15 is 0 Å². The van der Waals surface area contributed by atoms with Crippen molar-refractivity contribution >= 4 is 17.4 Å². The van der Waals surface area contributed by atoms with E-state index in [1.807, 2.05) is 12.1 Å². The Kier molecular flexibility index (Phi) is 5.88. The monoisotopic (exact) mass is 346 g/mol. The van der Waals surface area contributed by atoms with Gasteiger partial charge in [0.25, 0.3) is 0 Å². The lowest BCUT2D eigenvalue weighted by atomic mass is 9.96. The highest BCUT2D eigenvalue weighted by atomic mass is 35.5. The number of hydrogen-bond donors (Lipinski definition) is 1. The van der Waals surface area contributed by atoms with Crippen LogP contribution in [0.25, 0.3) is 0 Å². The zero-order valence-corrected chi connectivity index (χ0v) is 14.7. The van der Waals surface area contributed by atoms with E-state index in [0.29, 0.717) is 11.1 Å². The molecule has 24 heavy (non-hydrogen) atoms. The summed E-state index contributed by atoms with van der Waals surface area (Å²) in [5.41, 5.74) is 1.33. The molecule has 3 rings (SSSR count). The summed E-state index contributed by atoms with van der Waals surface area (Å²) in [5.74, 6) is 2.33. The molecule has 1 fully saturated rings. The number of ether oxygens (including phenoxy) is 1. The number of benzene rings is 1. The molecule has 1 aromatic carbocycles. The minimum absolute atomic E-state index is 0.425. The Morgan fingerprint density at radius 1 is 1.21 bits per heavy atom. The van der Waals surface area contributed by atoms with Crippen molar-refractivity contribution in [3.63, 3.8) is 0 Å². The summed E-state index contributed by atoms with van der Waals surface area (Å²) < 4.78 is 5.21. The SMILES string of the molecule is COc1ccc(CN2CCC(CNc3cncc(Cl)n3)CC2)cc1. The molecule has 0 radical (unpaired) electrons. The Bertz CT molecular complexity index is 642. The minimum atomic E-state index is 0.425. The van der Waals surface area contributed by atoms with Crippen molar-refractivity contribution in [1.29, 1.82) is 0 Å². The highest BCUT2D eigenvalue weighted by Gasteiger charge is 2.19. The first-order valence-electron chi connectivity index (χ1n) is 8.29. The van der Waals surface area contributed by atoms with E-state index in [0.717, 1.165) is 37.7 Å². The van der Waals surface area contributed by atoms with Gasteiger partial charge in [0, 0.05) is 13.1 Å². The fourth-order valence-corrected chi connectivity index (χ4v) is 3.16. The molecular weight excluding hydrogens is 324 g/mol. The highest BCUT2D eigenvalue weighted by Crippen LogP contribution is 2.20. The van der Waals surface area contributed by atoms with Gasteiger partial charge in [0.1, 0.15) is 16.7 Å². The number of piperidine rings is 1. The van der Waals surface area contributed by atoms with Crippen LogP contribution in [0.4, 0.5) is 5.82 Å². The normalized spacial score (nSPS) is 16.1. The molecule has 5 nitrogen and oxygen atoms in total. The van der Waals surface area contributed by atoms with E-state index in [9.17, 15) is 0 Å². The first-order valence-corrected chi connectivity index (χ1v) is 8.67. The van der Waals surface area contributed by atoms with Crippen molar-refractivity contribution in [1.82, 2.24) is 14.9 Å². The molecule has 0 unspecified atom stereocenters. The van der Waals surface area contributed by atoms with Crippen LogP contribution in [0.3, 0.4) is 0 Å². The van der Waals surface area contributed by atoms with Gasteiger partial charge >= 0.3 is 0 Å². The molecule has 0 atom stereocenters. The van der Waals surface area contributed by atoms with Gasteiger partial charge < -0.3 is 10.1 Å². The lowest BCUT2D eigenvalue weighted by Gasteiger charge is -2.32. The van der Waals surface area contributed by atoms with Crippen LogP contribution in [0.15, 0.2) is 36.7 Å². The molecular formula is C18H23ClN4O. The molecule has 128 valence electrons. The zero-order chi connectivity index (χ0) is 16.8. The maximum absolute atomic E-state index is 5.85. The molecule has 2 aromatic rings. The Hall–Kier alpha value is -1.85. The van der Waals surface area contributed by atoms with E-state index in [1.54, 1.807) is 19.5 Å². The van der Waals surface area contributed by atoms with Crippen LogP contribution in [0.2, 0.25) is 5.15 Å². The van der Waals surface area contributed by atoms with Crippen LogP contribution in [0.1, 0.15) is 18.4 Å². The van der Waals surface area contributed by atoms with Gasteiger partial charge in [-0.05, 0) is 49.5 Å². The van der Waals surface area contributed by atoms with Crippen LogP contribution in [0.5, 0.6) is 5.75 Å². The van der Waals surface area contributed by atoms with E-state index in [2.05, 4.69) is 32.3 Å². The number of nitrogens with zero attached hydrogens (tertiary/aromatic N) is 3. The summed E-state index contributed by atoms with van der Waals surface area (Å²) in [4.78, 5) is 10.8. The minimum Gasteiger partial charge on any atom is -0.497 e. The summed E-state index contributed by atoms with van der Waals surface area (Å²) >= 11 is 5.85. The number of nitrogens with one attached hydrogen (secondary N) is 1. The lowest BCUT2D eigenvalue weighted by Crippen LogP contribution is -2.35.